The molecule has 0 bridgehead atoms. The number of rotatable bonds is 5. The number of halogens is 1. The molecule has 1 fully saturated rings. The van der Waals surface area contributed by atoms with E-state index in [9.17, 15) is 19.2 Å². The fourth-order valence-corrected chi connectivity index (χ4v) is 2.81. The molecule has 7 heteroatoms. The molecule has 132 valence electrons. The SMILES string of the molecule is O=C(COC(=O)c1ccc(N2C(=O)CCC2=O)cc1)c1ccc(Br)cc1. The molecular weight excluding hydrogens is 402 g/mol. The van der Waals surface area contributed by atoms with E-state index in [1.165, 1.54) is 24.3 Å². The van der Waals surface area contributed by atoms with Gasteiger partial charge in [-0.1, -0.05) is 28.1 Å². The minimum absolute atomic E-state index is 0.195. The second-order valence-electron chi connectivity index (χ2n) is 5.68. The van der Waals surface area contributed by atoms with Crippen LogP contribution >= 0.6 is 15.9 Å². The van der Waals surface area contributed by atoms with E-state index in [0.29, 0.717) is 11.3 Å². The van der Waals surface area contributed by atoms with Crippen molar-refractivity contribution in [2.45, 2.75) is 12.8 Å². The van der Waals surface area contributed by atoms with E-state index >= 15 is 0 Å². The first-order chi connectivity index (χ1) is 12.5. The lowest BCUT2D eigenvalue weighted by molar-refractivity contribution is -0.121. The van der Waals surface area contributed by atoms with Gasteiger partial charge in [0.2, 0.25) is 11.8 Å². The summed E-state index contributed by atoms with van der Waals surface area (Å²) in [5, 5.41) is 0. The first-order valence-corrected chi connectivity index (χ1v) is 8.67. The van der Waals surface area contributed by atoms with Crippen LogP contribution in [0.5, 0.6) is 0 Å². The fraction of sp³-hybridized carbons (Fsp3) is 0.158. The Labute approximate surface area is 157 Å². The minimum Gasteiger partial charge on any atom is -0.454 e. The van der Waals surface area contributed by atoms with Crippen LogP contribution in [-0.2, 0) is 14.3 Å². The first kappa shape index (κ1) is 18.0. The zero-order chi connectivity index (χ0) is 18.7. The van der Waals surface area contributed by atoms with Gasteiger partial charge in [0, 0.05) is 22.9 Å². The lowest BCUT2D eigenvalue weighted by Crippen LogP contribution is -2.28. The van der Waals surface area contributed by atoms with Crippen molar-refractivity contribution in [3.63, 3.8) is 0 Å². The molecular formula is C19H14BrNO5. The van der Waals surface area contributed by atoms with Gasteiger partial charge in [-0.3, -0.25) is 19.3 Å². The number of esters is 1. The van der Waals surface area contributed by atoms with E-state index in [0.717, 1.165) is 9.37 Å². The summed E-state index contributed by atoms with van der Waals surface area (Å²) in [6, 6.07) is 12.7. The van der Waals surface area contributed by atoms with E-state index in [4.69, 9.17) is 4.74 Å². The number of anilines is 1. The van der Waals surface area contributed by atoms with Crippen molar-refractivity contribution < 1.29 is 23.9 Å². The van der Waals surface area contributed by atoms with Crippen LogP contribution in [0.1, 0.15) is 33.6 Å². The number of hydrogen-bond acceptors (Lipinski definition) is 5. The van der Waals surface area contributed by atoms with Gasteiger partial charge in [0.25, 0.3) is 0 Å². The lowest BCUT2D eigenvalue weighted by Gasteiger charge is -2.14. The van der Waals surface area contributed by atoms with Gasteiger partial charge in [-0.15, -0.1) is 0 Å². The lowest BCUT2D eigenvalue weighted by atomic mass is 10.1. The van der Waals surface area contributed by atoms with Crippen molar-refractivity contribution in [2.24, 2.45) is 0 Å². The first-order valence-electron chi connectivity index (χ1n) is 7.87. The monoisotopic (exact) mass is 415 g/mol. The van der Waals surface area contributed by atoms with Crippen molar-refractivity contribution in [2.75, 3.05) is 11.5 Å². The molecule has 0 spiro atoms. The Morgan fingerprint density at radius 2 is 1.42 bits per heavy atom. The highest BCUT2D eigenvalue weighted by Gasteiger charge is 2.30. The molecule has 0 aromatic heterocycles. The van der Waals surface area contributed by atoms with Crippen LogP contribution in [0.2, 0.25) is 0 Å². The molecule has 1 aliphatic heterocycles. The number of imide groups is 1. The summed E-state index contributed by atoms with van der Waals surface area (Å²) in [5.74, 6) is -1.48. The summed E-state index contributed by atoms with van der Waals surface area (Å²) >= 11 is 3.28. The van der Waals surface area contributed by atoms with Crippen LogP contribution < -0.4 is 4.90 Å². The number of benzene rings is 2. The molecule has 0 atom stereocenters. The van der Waals surface area contributed by atoms with Gasteiger partial charge in [-0.2, -0.15) is 0 Å². The number of ketones is 1. The van der Waals surface area contributed by atoms with Gasteiger partial charge in [0.15, 0.2) is 12.4 Å². The molecule has 0 unspecified atom stereocenters. The molecule has 0 N–H and O–H groups in total. The fourth-order valence-electron chi connectivity index (χ4n) is 2.54. The molecule has 1 aliphatic rings. The Hall–Kier alpha value is -2.80. The zero-order valence-corrected chi connectivity index (χ0v) is 15.2. The second kappa shape index (κ2) is 7.61. The zero-order valence-electron chi connectivity index (χ0n) is 13.6. The molecule has 0 aliphatic carbocycles. The number of Topliss-reactive ketones (excluding diaryl/α,β-unsaturated/α-hetero) is 1. The Kier molecular flexibility index (Phi) is 5.27. The average molecular weight is 416 g/mol. The Balaban J connectivity index is 1.61. The summed E-state index contributed by atoms with van der Waals surface area (Å²) in [7, 11) is 0. The molecule has 2 amide bonds. The van der Waals surface area contributed by atoms with Gasteiger partial charge in [0.1, 0.15) is 0 Å². The van der Waals surface area contributed by atoms with Crippen molar-refractivity contribution in [1.29, 1.82) is 0 Å². The van der Waals surface area contributed by atoms with Crippen molar-refractivity contribution in [3.05, 3.63) is 64.1 Å². The summed E-state index contributed by atoms with van der Waals surface area (Å²) in [6.45, 7) is -0.370. The Bertz CT molecular complexity index is 858. The third-order valence-corrected chi connectivity index (χ3v) is 4.44. The number of hydrogen-bond donors (Lipinski definition) is 0. The maximum atomic E-state index is 12.1. The number of nitrogens with zero attached hydrogens (tertiary/aromatic N) is 1. The van der Waals surface area contributed by atoms with Gasteiger partial charge in [-0.05, 0) is 36.4 Å². The highest BCUT2D eigenvalue weighted by molar-refractivity contribution is 9.10. The van der Waals surface area contributed by atoms with Gasteiger partial charge >= 0.3 is 5.97 Å². The third-order valence-electron chi connectivity index (χ3n) is 3.91. The maximum Gasteiger partial charge on any atom is 0.338 e. The van der Waals surface area contributed by atoms with Gasteiger partial charge in [-0.25, -0.2) is 4.79 Å². The number of carbonyl (C=O) groups is 4. The normalized spacial score (nSPS) is 13.8. The predicted molar refractivity (Wildman–Crippen MR) is 96.9 cm³/mol. The van der Waals surface area contributed by atoms with Gasteiger partial charge in [0.05, 0.1) is 11.3 Å². The summed E-state index contributed by atoms with van der Waals surface area (Å²) in [5.41, 5.74) is 1.10. The number of carbonyl (C=O) groups excluding carboxylic acids is 4. The van der Waals surface area contributed by atoms with Crippen molar-refractivity contribution in [1.82, 2.24) is 0 Å². The average Bonchev–Trinajstić information content (AvgIpc) is 2.98. The topological polar surface area (TPSA) is 80.8 Å². The Morgan fingerprint density at radius 3 is 2.00 bits per heavy atom. The number of amides is 2. The second-order valence-corrected chi connectivity index (χ2v) is 6.59. The minimum atomic E-state index is -0.652. The van der Waals surface area contributed by atoms with Crippen LogP contribution in [0.15, 0.2) is 53.0 Å². The molecule has 0 radical (unpaired) electrons. The van der Waals surface area contributed by atoms with E-state index in [1.807, 2.05) is 0 Å². The number of ether oxygens (including phenoxy) is 1. The van der Waals surface area contributed by atoms with Gasteiger partial charge < -0.3 is 4.74 Å². The summed E-state index contributed by atoms with van der Waals surface area (Å²) in [4.78, 5) is 48.6. The summed E-state index contributed by atoms with van der Waals surface area (Å²) < 4.78 is 5.88. The van der Waals surface area contributed by atoms with Crippen LogP contribution in [0.4, 0.5) is 5.69 Å². The van der Waals surface area contributed by atoms with Crippen molar-refractivity contribution >= 4 is 45.2 Å². The molecule has 3 rings (SSSR count). The largest absolute Gasteiger partial charge is 0.454 e. The smallest absolute Gasteiger partial charge is 0.338 e. The third kappa shape index (κ3) is 3.88. The molecule has 2 aromatic rings. The standard InChI is InChI=1S/C19H14BrNO5/c20-14-5-1-12(2-6-14)16(22)11-26-19(25)13-3-7-15(8-4-13)21-17(23)9-10-18(21)24/h1-8H,9-11H2. The highest BCUT2D eigenvalue weighted by atomic mass is 79.9. The molecule has 6 nitrogen and oxygen atoms in total. The van der Waals surface area contributed by atoms with E-state index < -0.39 is 5.97 Å². The predicted octanol–water partition coefficient (Wildman–Crippen LogP) is 3.14. The summed E-state index contributed by atoms with van der Waals surface area (Å²) in [6.07, 6.45) is 0.390. The van der Waals surface area contributed by atoms with Crippen LogP contribution in [0, 0.1) is 0 Å². The quantitative estimate of drug-likeness (QED) is 0.425. The van der Waals surface area contributed by atoms with Crippen LogP contribution in [0.25, 0.3) is 0 Å². The molecule has 0 saturated carbocycles. The van der Waals surface area contributed by atoms with E-state index in [1.54, 1.807) is 24.3 Å². The highest BCUT2D eigenvalue weighted by Crippen LogP contribution is 2.23. The molecule has 1 saturated heterocycles. The van der Waals surface area contributed by atoms with Crippen molar-refractivity contribution in [3.8, 4) is 0 Å². The van der Waals surface area contributed by atoms with Crippen LogP contribution in [-0.4, -0.2) is 30.2 Å². The van der Waals surface area contributed by atoms with E-state index in [2.05, 4.69) is 15.9 Å². The maximum absolute atomic E-state index is 12.1. The Morgan fingerprint density at radius 1 is 0.885 bits per heavy atom. The molecule has 2 aromatic carbocycles. The molecule has 26 heavy (non-hydrogen) atoms. The van der Waals surface area contributed by atoms with Crippen LogP contribution in [0.3, 0.4) is 0 Å². The van der Waals surface area contributed by atoms with E-state index in [-0.39, 0.29) is 42.6 Å². The molecule has 1 heterocycles.